The molecule has 0 amide bonds. The van der Waals surface area contributed by atoms with Crippen LogP contribution in [0.2, 0.25) is 0 Å². The van der Waals surface area contributed by atoms with Crippen LogP contribution in [0.15, 0.2) is 46.9 Å². The van der Waals surface area contributed by atoms with Crippen molar-refractivity contribution in [2.75, 3.05) is 0 Å². The van der Waals surface area contributed by atoms with Gasteiger partial charge in [0.05, 0.1) is 10.6 Å². The van der Waals surface area contributed by atoms with E-state index in [-0.39, 0.29) is 5.82 Å². The van der Waals surface area contributed by atoms with Crippen LogP contribution in [0.25, 0.3) is 0 Å². The standard InChI is InChI=1S/C15H14BrFO2/c1-10(18)12-3-5-13(6-4-12)19-9-11-2-7-15(17)14(16)8-11/h2-8,10,18H,9H2,1H3/t10-/m1/s1. The van der Waals surface area contributed by atoms with E-state index < -0.39 is 6.10 Å². The molecule has 0 aliphatic carbocycles. The largest absolute Gasteiger partial charge is 0.489 e. The maximum atomic E-state index is 13.1. The monoisotopic (exact) mass is 324 g/mol. The number of halogens is 2. The van der Waals surface area contributed by atoms with Gasteiger partial charge in [-0.2, -0.15) is 0 Å². The minimum atomic E-state index is -0.484. The molecule has 0 fully saturated rings. The lowest BCUT2D eigenvalue weighted by atomic mass is 10.1. The van der Waals surface area contributed by atoms with E-state index in [4.69, 9.17) is 4.74 Å². The highest BCUT2D eigenvalue weighted by Crippen LogP contribution is 2.20. The Hall–Kier alpha value is -1.39. The molecule has 0 unspecified atom stereocenters. The summed E-state index contributed by atoms with van der Waals surface area (Å²) in [4.78, 5) is 0. The third kappa shape index (κ3) is 3.78. The Kier molecular flexibility index (Phi) is 4.56. The number of hydrogen-bond donors (Lipinski definition) is 1. The Morgan fingerprint density at radius 3 is 2.47 bits per heavy atom. The summed E-state index contributed by atoms with van der Waals surface area (Å²) in [6.45, 7) is 2.08. The fourth-order valence-electron chi connectivity index (χ4n) is 1.64. The van der Waals surface area contributed by atoms with Crippen LogP contribution < -0.4 is 4.74 Å². The van der Waals surface area contributed by atoms with Gasteiger partial charge in [-0.05, 0) is 58.2 Å². The molecular weight excluding hydrogens is 311 g/mol. The molecule has 4 heteroatoms. The van der Waals surface area contributed by atoms with Crippen molar-refractivity contribution in [1.29, 1.82) is 0 Å². The Labute approximate surface area is 120 Å². The summed E-state index contributed by atoms with van der Waals surface area (Å²) >= 11 is 3.14. The minimum Gasteiger partial charge on any atom is -0.489 e. The number of ether oxygens (including phenoxy) is 1. The fraction of sp³-hybridized carbons (Fsp3) is 0.200. The summed E-state index contributed by atoms with van der Waals surface area (Å²) < 4.78 is 19.1. The Morgan fingerprint density at radius 2 is 1.89 bits per heavy atom. The third-order valence-corrected chi connectivity index (χ3v) is 3.36. The topological polar surface area (TPSA) is 29.5 Å². The highest BCUT2D eigenvalue weighted by atomic mass is 79.9. The molecule has 100 valence electrons. The molecule has 0 aromatic heterocycles. The highest BCUT2D eigenvalue weighted by molar-refractivity contribution is 9.10. The Balaban J connectivity index is 2.00. The van der Waals surface area contributed by atoms with Crippen LogP contribution in [-0.4, -0.2) is 5.11 Å². The molecule has 19 heavy (non-hydrogen) atoms. The van der Waals surface area contributed by atoms with E-state index in [0.29, 0.717) is 16.8 Å². The molecule has 0 spiro atoms. The van der Waals surface area contributed by atoms with E-state index in [2.05, 4.69) is 15.9 Å². The molecule has 0 bridgehead atoms. The van der Waals surface area contributed by atoms with E-state index >= 15 is 0 Å². The quantitative estimate of drug-likeness (QED) is 0.912. The lowest BCUT2D eigenvalue weighted by Crippen LogP contribution is -1.97. The highest BCUT2D eigenvalue weighted by Gasteiger charge is 2.03. The number of aliphatic hydroxyl groups excluding tert-OH is 1. The number of aliphatic hydroxyl groups is 1. The van der Waals surface area contributed by atoms with Crippen molar-refractivity contribution in [3.05, 3.63) is 63.9 Å². The first-order valence-corrected chi connectivity index (χ1v) is 6.70. The molecule has 0 heterocycles. The van der Waals surface area contributed by atoms with Gasteiger partial charge in [-0.3, -0.25) is 0 Å². The van der Waals surface area contributed by atoms with Crippen molar-refractivity contribution in [3.63, 3.8) is 0 Å². The molecule has 2 rings (SSSR count). The molecule has 0 radical (unpaired) electrons. The Morgan fingerprint density at radius 1 is 1.21 bits per heavy atom. The minimum absolute atomic E-state index is 0.287. The molecule has 2 aromatic carbocycles. The lowest BCUT2D eigenvalue weighted by molar-refractivity contribution is 0.199. The molecular formula is C15H14BrFO2. The van der Waals surface area contributed by atoms with Gasteiger partial charge in [0, 0.05) is 0 Å². The van der Waals surface area contributed by atoms with Gasteiger partial charge in [-0.25, -0.2) is 4.39 Å². The zero-order chi connectivity index (χ0) is 13.8. The van der Waals surface area contributed by atoms with Crippen molar-refractivity contribution in [3.8, 4) is 5.75 Å². The molecule has 0 aliphatic rings. The summed E-state index contributed by atoms with van der Waals surface area (Å²) in [5, 5.41) is 9.40. The van der Waals surface area contributed by atoms with Crippen LogP contribution in [0.5, 0.6) is 5.75 Å². The molecule has 0 saturated heterocycles. The van der Waals surface area contributed by atoms with Crippen LogP contribution in [-0.2, 0) is 6.61 Å². The second-order valence-electron chi connectivity index (χ2n) is 4.28. The average molecular weight is 325 g/mol. The second-order valence-corrected chi connectivity index (χ2v) is 5.14. The van der Waals surface area contributed by atoms with E-state index in [9.17, 15) is 9.50 Å². The van der Waals surface area contributed by atoms with Gasteiger partial charge in [-0.1, -0.05) is 18.2 Å². The van der Waals surface area contributed by atoms with Crippen LogP contribution in [0.4, 0.5) is 4.39 Å². The molecule has 0 saturated carbocycles. The lowest BCUT2D eigenvalue weighted by Gasteiger charge is -2.09. The van der Waals surface area contributed by atoms with Crippen molar-refractivity contribution < 1.29 is 14.2 Å². The summed E-state index contributed by atoms with van der Waals surface area (Å²) in [5.74, 6) is 0.426. The fourth-order valence-corrected chi connectivity index (χ4v) is 2.06. The summed E-state index contributed by atoms with van der Waals surface area (Å²) in [6.07, 6.45) is -0.484. The van der Waals surface area contributed by atoms with Crippen molar-refractivity contribution in [2.45, 2.75) is 19.6 Å². The number of hydrogen-bond acceptors (Lipinski definition) is 2. The van der Waals surface area contributed by atoms with E-state index in [0.717, 1.165) is 11.1 Å². The van der Waals surface area contributed by atoms with Crippen LogP contribution in [0.3, 0.4) is 0 Å². The maximum Gasteiger partial charge on any atom is 0.137 e. The molecule has 0 aliphatic heterocycles. The smallest absolute Gasteiger partial charge is 0.137 e. The maximum absolute atomic E-state index is 13.1. The van der Waals surface area contributed by atoms with Crippen molar-refractivity contribution >= 4 is 15.9 Å². The van der Waals surface area contributed by atoms with Crippen LogP contribution in [0, 0.1) is 5.82 Å². The average Bonchev–Trinajstić information content (AvgIpc) is 2.40. The van der Waals surface area contributed by atoms with Crippen molar-refractivity contribution in [1.82, 2.24) is 0 Å². The van der Waals surface area contributed by atoms with Crippen molar-refractivity contribution in [2.24, 2.45) is 0 Å². The van der Waals surface area contributed by atoms with Gasteiger partial charge < -0.3 is 9.84 Å². The first kappa shape index (κ1) is 14.0. The van der Waals surface area contributed by atoms with E-state index in [1.165, 1.54) is 6.07 Å². The molecule has 2 nitrogen and oxygen atoms in total. The van der Waals surface area contributed by atoms with Crippen LogP contribution >= 0.6 is 15.9 Å². The Bertz CT molecular complexity index is 553. The number of rotatable bonds is 4. The summed E-state index contributed by atoms with van der Waals surface area (Å²) in [7, 11) is 0. The third-order valence-electron chi connectivity index (χ3n) is 2.75. The van der Waals surface area contributed by atoms with Gasteiger partial charge in [-0.15, -0.1) is 0 Å². The van der Waals surface area contributed by atoms with Gasteiger partial charge >= 0.3 is 0 Å². The van der Waals surface area contributed by atoms with Gasteiger partial charge in [0.25, 0.3) is 0 Å². The van der Waals surface area contributed by atoms with Gasteiger partial charge in [0.15, 0.2) is 0 Å². The predicted molar refractivity (Wildman–Crippen MR) is 75.5 cm³/mol. The zero-order valence-electron chi connectivity index (χ0n) is 10.4. The van der Waals surface area contributed by atoms with E-state index in [1.807, 2.05) is 12.1 Å². The van der Waals surface area contributed by atoms with Gasteiger partial charge in [0.2, 0.25) is 0 Å². The summed E-state index contributed by atoms with van der Waals surface area (Å²) in [6, 6.07) is 12.0. The summed E-state index contributed by atoms with van der Waals surface area (Å²) in [5.41, 5.74) is 1.73. The van der Waals surface area contributed by atoms with Crippen LogP contribution in [0.1, 0.15) is 24.2 Å². The first-order chi connectivity index (χ1) is 9.06. The van der Waals surface area contributed by atoms with Gasteiger partial charge in [0.1, 0.15) is 18.2 Å². The molecule has 2 aromatic rings. The normalized spacial score (nSPS) is 12.2. The van der Waals surface area contributed by atoms with E-state index in [1.54, 1.807) is 31.2 Å². The zero-order valence-corrected chi connectivity index (χ0v) is 12.0. The predicted octanol–water partition coefficient (Wildman–Crippen LogP) is 4.22. The second kappa shape index (κ2) is 6.17. The SMILES string of the molecule is C[C@@H](O)c1ccc(OCc2ccc(F)c(Br)c2)cc1. The first-order valence-electron chi connectivity index (χ1n) is 5.91. The molecule has 1 N–H and O–H groups in total. The molecule has 1 atom stereocenters. The number of benzene rings is 2.